The monoisotopic (exact) mass is 401 g/mol. The number of carbonyl (C=O) groups excluding carboxylic acids is 2. The lowest BCUT2D eigenvalue weighted by Crippen LogP contribution is -2.63. The second-order valence-corrected chi connectivity index (χ2v) is 7.94. The fourth-order valence-electron chi connectivity index (χ4n) is 3.93. The molecule has 1 saturated carbocycles. The second kappa shape index (κ2) is 7.51. The number of halogens is 2. The summed E-state index contributed by atoms with van der Waals surface area (Å²) in [6.07, 6.45) is 4.39. The smallest absolute Gasteiger partial charge is 0.251 e. The molecule has 1 atom stereocenters. The van der Waals surface area contributed by atoms with Crippen LogP contribution in [-0.4, -0.2) is 34.3 Å². The number of nitrogens with zero attached hydrogens (tertiary/aromatic N) is 3. The topological polar surface area (TPSA) is 53.5 Å². The summed E-state index contributed by atoms with van der Waals surface area (Å²) in [4.78, 5) is 33.9. The lowest BCUT2D eigenvalue weighted by molar-refractivity contribution is -0.147. The summed E-state index contributed by atoms with van der Waals surface area (Å²) in [5.74, 6) is 0.0675. The van der Waals surface area contributed by atoms with Crippen LogP contribution in [-0.2, 0) is 16.1 Å². The van der Waals surface area contributed by atoms with E-state index >= 15 is 0 Å². The molecule has 2 amide bonds. The summed E-state index contributed by atoms with van der Waals surface area (Å²) in [5, 5.41) is 0.491. The zero-order valence-corrected chi connectivity index (χ0v) is 16.3. The first-order valence-electron chi connectivity index (χ1n) is 9.41. The van der Waals surface area contributed by atoms with Gasteiger partial charge in [0, 0.05) is 12.7 Å². The third-order valence-electron chi connectivity index (χ3n) is 5.60. The van der Waals surface area contributed by atoms with Crippen molar-refractivity contribution in [3.05, 3.63) is 58.5 Å². The maximum atomic E-state index is 13.4. The molecule has 0 unspecified atom stereocenters. The maximum Gasteiger partial charge on any atom is 0.251 e. The van der Waals surface area contributed by atoms with E-state index in [0.29, 0.717) is 17.4 Å². The number of rotatable bonds is 4. The van der Waals surface area contributed by atoms with Crippen LogP contribution in [0.1, 0.15) is 30.4 Å². The zero-order valence-electron chi connectivity index (χ0n) is 15.6. The van der Waals surface area contributed by atoms with Crippen LogP contribution >= 0.6 is 11.6 Å². The molecule has 1 aliphatic carbocycles. The number of pyridine rings is 1. The Bertz CT molecular complexity index is 914. The van der Waals surface area contributed by atoms with Gasteiger partial charge in [0.25, 0.3) is 5.91 Å². The number of aryl methyl sites for hydroxylation is 1. The van der Waals surface area contributed by atoms with Crippen LogP contribution in [0.15, 0.2) is 36.5 Å². The van der Waals surface area contributed by atoms with E-state index in [1.165, 1.54) is 23.2 Å². The molecular formula is C21H21ClFN3O2. The maximum absolute atomic E-state index is 13.4. The highest BCUT2D eigenvalue weighted by molar-refractivity contribution is 6.30. The van der Waals surface area contributed by atoms with E-state index in [0.717, 1.165) is 30.4 Å². The van der Waals surface area contributed by atoms with Crippen LogP contribution in [0.25, 0.3) is 0 Å². The van der Waals surface area contributed by atoms with Gasteiger partial charge in [-0.15, -0.1) is 0 Å². The van der Waals surface area contributed by atoms with Gasteiger partial charge in [-0.1, -0.05) is 30.2 Å². The van der Waals surface area contributed by atoms with Gasteiger partial charge in [0.05, 0.1) is 5.02 Å². The van der Waals surface area contributed by atoms with Gasteiger partial charge in [0.2, 0.25) is 5.91 Å². The minimum Gasteiger partial charge on any atom is -0.324 e. The van der Waals surface area contributed by atoms with Crippen LogP contribution < -0.4 is 4.90 Å². The molecule has 5 nitrogen and oxygen atoms in total. The van der Waals surface area contributed by atoms with Crippen molar-refractivity contribution in [2.45, 2.75) is 38.8 Å². The van der Waals surface area contributed by atoms with Crippen molar-refractivity contribution in [1.82, 2.24) is 9.88 Å². The highest BCUT2D eigenvalue weighted by atomic mass is 35.5. The minimum atomic E-state index is -0.517. The van der Waals surface area contributed by atoms with E-state index in [2.05, 4.69) is 4.98 Å². The van der Waals surface area contributed by atoms with Gasteiger partial charge in [0.1, 0.15) is 24.2 Å². The highest BCUT2D eigenvalue weighted by Gasteiger charge is 2.46. The Hall–Kier alpha value is -2.47. The largest absolute Gasteiger partial charge is 0.324 e. The Morgan fingerprint density at radius 2 is 1.93 bits per heavy atom. The molecule has 2 heterocycles. The van der Waals surface area contributed by atoms with Crippen molar-refractivity contribution in [2.24, 2.45) is 5.92 Å². The van der Waals surface area contributed by atoms with Crippen molar-refractivity contribution < 1.29 is 14.0 Å². The molecule has 0 radical (unpaired) electrons. The number of benzene rings is 1. The molecule has 0 bridgehead atoms. The molecule has 2 fully saturated rings. The van der Waals surface area contributed by atoms with Gasteiger partial charge in [-0.05, 0) is 55.0 Å². The predicted octanol–water partition coefficient (Wildman–Crippen LogP) is 3.73. The molecule has 1 saturated heterocycles. The van der Waals surface area contributed by atoms with Gasteiger partial charge in [-0.2, -0.15) is 0 Å². The highest BCUT2D eigenvalue weighted by Crippen LogP contribution is 2.37. The molecule has 2 aromatic rings. The van der Waals surface area contributed by atoms with Crippen LogP contribution in [0, 0.1) is 18.7 Å². The van der Waals surface area contributed by atoms with Crippen molar-refractivity contribution in [1.29, 1.82) is 0 Å². The van der Waals surface area contributed by atoms with Crippen molar-refractivity contribution in [2.75, 3.05) is 11.4 Å². The standard InChI is InChI=1S/C21H21ClFN3O2/c1-13-9-16(22)10-24-20(13)26-12-18(27)25(11-14-5-7-17(23)8-6-14)19(21(26)28)15-3-2-4-15/h5-10,15,19H,2-4,11-12H2,1H3/t19-/m0/s1. The summed E-state index contributed by atoms with van der Waals surface area (Å²) in [5.41, 5.74) is 1.56. The first-order valence-corrected chi connectivity index (χ1v) is 9.79. The Morgan fingerprint density at radius 1 is 1.21 bits per heavy atom. The average molecular weight is 402 g/mol. The molecule has 0 N–H and O–H groups in total. The number of amides is 2. The van der Waals surface area contributed by atoms with E-state index in [9.17, 15) is 14.0 Å². The minimum absolute atomic E-state index is 0.0568. The SMILES string of the molecule is Cc1cc(Cl)cnc1N1CC(=O)N(Cc2ccc(F)cc2)[C@@H](C2CCC2)C1=O. The first-order chi connectivity index (χ1) is 13.4. The van der Waals surface area contributed by atoms with Crippen LogP contribution in [0.2, 0.25) is 5.02 Å². The molecular weight excluding hydrogens is 381 g/mol. The summed E-state index contributed by atoms with van der Waals surface area (Å²) in [7, 11) is 0. The second-order valence-electron chi connectivity index (χ2n) is 7.50. The molecule has 146 valence electrons. The lowest BCUT2D eigenvalue weighted by Gasteiger charge is -2.46. The molecule has 1 aromatic carbocycles. The normalized spacial score (nSPS) is 20.5. The van der Waals surface area contributed by atoms with Crippen molar-refractivity contribution >= 4 is 29.2 Å². The van der Waals surface area contributed by atoms with E-state index < -0.39 is 6.04 Å². The van der Waals surface area contributed by atoms with E-state index in [-0.39, 0.29) is 30.1 Å². The first kappa shape index (κ1) is 18.9. The third-order valence-corrected chi connectivity index (χ3v) is 5.81. The lowest BCUT2D eigenvalue weighted by atomic mass is 9.77. The third kappa shape index (κ3) is 3.49. The van der Waals surface area contributed by atoms with Crippen molar-refractivity contribution in [3.63, 3.8) is 0 Å². The predicted molar refractivity (Wildman–Crippen MR) is 104 cm³/mol. The van der Waals surface area contributed by atoms with Gasteiger partial charge in [-0.25, -0.2) is 9.37 Å². The van der Waals surface area contributed by atoms with E-state index in [1.54, 1.807) is 23.1 Å². The van der Waals surface area contributed by atoms with Gasteiger partial charge in [0.15, 0.2) is 0 Å². The van der Waals surface area contributed by atoms with E-state index in [1.807, 2.05) is 6.92 Å². The average Bonchev–Trinajstić information content (AvgIpc) is 2.61. The number of aromatic nitrogens is 1. The van der Waals surface area contributed by atoms with Crippen LogP contribution in [0.4, 0.5) is 10.2 Å². The van der Waals surface area contributed by atoms with Crippen LogP contribution in [0.5, 0.6) is 0 Å². The molecule has 28 heavy (non-hydrogen) atoms. The summed E-state index contributed by atoms with van der Waals surface area (Å²) in [6, 6.07) is 7.28. The van der Waals surface area contributed by atoms with Crippen LogP contribution in [0.3, 0.4) is 0 Å². The molecule has 0 spiro atoms. The number of hydrogen-bond donors (Lipinski definition) is 0. The number of piperazine rings is 1. The molecule has 7 heteroatoms. The Balaban J connectivity index is 1.65. The number of hydrogen-bond acceptors (Lipinski definition) is 3. The quantitative estimate of drug-likeness (QED) is 0.784. The Morgan fingerprint density at radius 3 is 2.54 bits per heavy atom. The Kier molecular flexibility index (Phi) is 5.06. The van der Waals surface area contributed by atoms with Gasteiger partial charge in [-0.3, -0.25) is 14.5 Å². The van der Waals surface area contributed by atoms with Crippen molar-refractivity contribution in [3.8, 4) is 0 Å². The summed E-state index contributed by atoms with van der Waals surface area (Å²) < 4.78 is 13.2. The fourth-order valence-corrected chi connectivity index (χ4v) is 4.14. The number of carbonyl (C=O) groups is 2. The summed E-state index contributed by atoms with van der Waals surface area (Å²) in [6.45, 7) is 2.07. The van der Waals surface area contributed by atoms with E-state index in [4.69, 9.17) is 11.6 Å². The zero-order chi connectivity index (χ0) is 19.8. The molecule has 4 rings (SSSR count). The summed E-state index contributed by atoms with van der Waals surface area (Å²) >= 11 is 5.99. The molecule has 1 aliphatic heterocycles. The van der Waals surface area contributed by atoms with Gasteiger partial charge < -0.3 is 4.90 Å². The fraction of sp³-hybridized carbons (Fsp3) is 0.381. The molecule has 1 aromatic heterocycles. The Labute approximate surface area is 168 Å². The molecule has 2 aliphatic rings. The van der Waals surface area contributed by atoms with Gasteiger partial charge >= 0.3 is 0 Å². The number of anilines is 1.